The number of carbonyl (C=O) groups is 4. The summed E-state index contributed by atoms with van der Waals surface area (Å²) in [4.78, 5) is 47.7. The zero-order valence-electron chi connectivity index (χ0n) is 21.3. The van der Waals surface area contributed by atoms with Gasteiger partial charge < -0.3 is 9.47 Å². The van der Waals surface area contributed by atoms with Gasteiger partial charge in [0, 0.05) is 12.8 Å². The van der Waals surface area contributed by atoms with Crippen LogP contribution in [0, 0.1) is 0 Å². The van der Waals surface area contributed by atoms with E-state index < -0.39 is 45.7 Å². The van der Waals surface area contributed by atoms with Crippen LogP contribution >= 0.6 is 0 Å². The quantitative estimate of drug-likeness (QED) is 0.0502. The maximum atomic E-state index is 12.1. The van der Waals surface area contributed by atoms with E-state index in [1.807, 2.05) is 12.2 Å². The SMILES string of the molecule is C=CCCCCCCCCC(=O)OC(=O)CC(C(=O)OC(=O)CCCCCCCCC=C)S(=O)(=O)O.[NaH].[NaH]. The predicted molar refractivity (Wildman–Crippen MR) is 151 cm³/mol. The van der Waals surface area contributed by atoms with E-state index in [-0.39, 0.29) is 72.0 Å². The van der Waals surface area contributed by atoms with Crippen molar-refractivity contribution >= 4 is 93.1 Å². The molecular formula is C26H44Na2O9S. The molecule has 0 spiro atoms. The van der Waals surface area contributed by atoms with Crippen LogP contribution in [0.15, 0.2) is 25.3 Å². The molecule has 38 heavy (non-hydrogen) atoms. The summed E-state index contributed by atoms with van der Waals surface area (Å²) in [7, 11) is -5.07. The summed E-state index contributed by atoms with van der Waals surface area (Å²) in [6.45, 7) is 7.32. The standard InChI is InChI=1S/C26H42O9S.2Na.2H/c1-3-5-7-9-11-13-15-17-19-23(27)34-25(29)21-22(36(31,32)33)26(30)35-24(28)20-18-16-14-12-10-8-6-4-2;;;;/h3-4,22H,1-2,5-21H2,(H,31,32,33);;;;. The molecule has 0 aliphatic rings. The second-order valence-electron chi connectivity index (χ2n) is 8.74. The van der Waals surface area contributed by atoms with Crippen molar-refractivity contribution in [2.24, 2.45) is 0 Å². The van der Waals surface area contributed by atoms with Gasteiger partial charge in [0.25, 0.3) is 10.1 Å². The normalized spacial score (nSPS) is 11.3. The summed E-state index contributed by atoms with van der Waals surface area (Å²) in [5.74, 6) is -4.68. The van der Waals surface area contributed by atoms with Gasteiger partial charge in [0.2, 0.25) is 0 Å². The summed E-state index contributed by atoms with van der Waals surface area (Å²) in [5, 5.41) is -2.35. The van der Waals surface area contributed by atoms with Crippen molar-refractivity contribution in [2.75, 3.05) is 0 Å². The van der Waals surface area contributed by atoms with E-state index in [9.17, 15) is 32.1 Å². The fourth-order valence-corrected chi connectivity index (χ4v) is 4.08. The molecule has 1 atom stereocenters. The molecule has 0 aromatic heterocycles. The zero-order valence-corrected chi connectivity index (χ0v) is 22.1. The summed E-state index contributed by atoms with van der Waals surface area (Å²) in [6, 6.07) is 0. The van der Waals surface area contributed by atoms with Gasteiger partial charge in [-0.15, -0.1) is 13.2 Å². The molecule has 0 aromatic carbocycles. The Morgan fingerprint density at radius 1 is 0.632 bits per heavy atom. The van der Waals surface area contributed by atoms with Crippen molar-refractivity contribution in [2.45, 2.75) is 114 Å². The number of rotatable bonds is 22. The van der Waals surface area contributed by atoms with Crippen molar-refractivity contribution in [3.63, 3.8) is 0 Å². The van der Waals surface area contributed by atoms with E-state index in [1.165, 1.54) is 0 Å². The summed E-state index contributed by atoms with van der Waals surface area (Å²) in [5.41, 5.74) is 0. The Morgan fingerprint density at radius 2 is 1.00 bits per heavy atom. The number of hydrogen-bond donors (Lipinski definition) is 1. The number of esters is 4. The van der Waals surface area contributed by atoms with E-state index >= 15 is 0 Å². The Bertz CT molecular complexity index is 814. The average molecular weight is 579 g/mol. The third-order valence-electron chi connectivity index (χ3n) is 5.49. The van der Waals surface area contributed by atoms with Crippen LogP contribution in [-0.2, 0) is 38.8 Å². The first-order valence-electron chi connectivity index (χ1n) is 12.8. The van der Waals surface area contributed by atoms with Crippen molar-refractivity contribution in [1.29, 1.82) is 0 Å². The molecule has 0 aromatic rings. The first-order valence-corrected chi connectivity index (χ1v) is 14.3. The number of allylic oxidation sites excluding steroid dienone is 2. The maximum absolute atomic E-state index is 12.1. The molecular weight excluding hydrogens is 534 g/mol. The van der Waals surface area contributed by atoms with Crippen LogP contribution in [0.5, 0.6) is 0 Å². The van der Waals surface area contributed by atoms with Crippen LogP contribution in [-0.4, -0.2) is 101 Å². The molecule has 1 N–H and O–H groups in total. The molecule has 0 aliphatic heterocycles. The Balaban J connectivity index is -0.00000612. The fourth-order valence-electron chi connectivity index (χ4n) is 3.44. The molecule has 0 aliphatic carbocycles. The van der Waals surface area contributed by atoms with Gasteiger partial charge in [-0.25, -0.2) is 0 Å². The summed E-state index contributed by atoms with van der Waals surface area (Å²) in [6.07, 6.45) is 15.0. The number of hydrogen-bond acceptors (Lipinski definition) is 8. The van der Waals surface area contributed by atoms with Gasteiger partial charge in [0.1, 0.15) is 0 Å². The fraction of sp³-hybridized carbons (Fsp3) is 0.692. The van der Waals surface area contributed by atoms with Crippen LogP contribution in [0.4, 0.5) is 0 Å². The molecule has 0 bridgehead atoms. The van der Waals surface area contributed by atoms with Crippen molar-refractivity contribution in [3.05, 3.63) is 25.3 Å². The number of ether oxygens (including phenoxy) is 2. The van der Waals surface area contributed by atoms with Crippen LogP contribution in [0.2, 0.25) is 0 Å². The molecule has 0 saturated carbocycles. The topological polar surface area (TPSA) is 141 Å². The van der Waals surface area contributed by atoms with E-state index in [4.69, 9.17) is 0 Å². The predicted octanol–water partition coefficient (Wildman–Crippen LogP) is 4.09. The number of unbranched alkanes of at least 4 members (excludes halogenated alkanes) is 12. The van der Waals surface area contributed by atoms with Crippen LogP contribution in [0.25, 0.3) is 0 Å². The van der Waals surface area contributed by atoms with Crippen molar-refractivity contribution < 1.29 is 41.6 Å². The average Bonchev–Trinajstić information content (AvgIpc) is 2.80. The van der Waals surface area contributed by atoms with Gasteiger partial charge in [0.15, 0.2) is 5.25 Å². The zero-order chi connectivity index (χ0) is 27.2. The second-order valence-corrected chi connectivity index (χ2v) is 10.3. The van der Waals surface area contributed by atoms with Gasteiger partial charge in [0.05, 0.1) is 6.42 Å². The van der Waals surface area contributed by atoms with E-state index in [0.29, 0.717) is 12.8 Å². The third kappa shape index (κ3) is 24.7. The Kier molecular flexibility index (Phi) is 29.8. The van der Waals surface area contributed by atoms with Gasteiger partial charge >= 0.3 is 83.0 Å². The van der Waals surface area contributed by atoms with Gasteiger partial charge in [-0.2, -0.15) is 8.42 Å². The first-order chi connectivity index (χ1) is 17.1. The molecule has 1 unspecified atom stereocenters. The summed E-state index contributed by atoms with van der Waals surface area (Å²) >= 11 is 0. The molecule has 9 nitrogen and oxygen atoms in total. The minimum absolute atomic E-state index is 0. The number of carbonyl (C=O) groups excluding carboxylic acids is 4. The van der Waals surface area contributed by atoms with E-state index in [1.54, 1.807) is 0 Å². The summed E-state index contributed by atoms with van der Waals surface area (Å²) < 4.78 is 41.5. The molecule has 0 heterocycles. The third-order valence-corrected chi connectivity index (χ3v) is 6.57. The van der Waals surface area contributed by atoms with E-state index in [2.05, 4.69) is 22.6 Å². The molecule has 12 heteroatoms. The molecule has 0 fully saturated rings. The Labute approximate surface area is 272 Å². The van der Waals surface area contributed by atoms with Crippen molar-refractivity contribution in [1.82, 2.24) is 0 Å². The minimum atomic E-state index is -5.07. The van der Waals surface area contributed by atoms with Gasteiger partial charge in [-0.3, -0.25) is 23.7 Å². The van der Waals surface area contributed by atoms with Crippen LogP contribution in [0.1, 0.15) is 109 Å². The molecule has 210 valence electrons. The van der Waals surface area contributed by atoms with Crippen molar-refractivity contribution in [3.8, 4) is 0 Å². The Hall–Kier alpha value is -0.330. The molecule has 0 radical (unpaired) electrons. The molecule has 0 amide bonds. The second kappa shape index (κ2) is 26.9. The molecule has 0 rings (SSSR count). The van der Waals surface area contributed by atoms with E-state index in [0.717, 1.165) is 77.0 Å². The van der Waals surface area contributed by atoms with Crippen LogP contribution in [0.3, 0.4) is 0 Å². The first kappa shape index (κ1) is 42.1. The Morgan fingerprint density at radius 3 is 1.39 bits per heavy atom. The van der Waals surface area contributed by atoms with Gasteiger partial charge in [-0.05, 0) is 38.5 Å². The van der Waals surface area contributed by atoms with Crippen LogP contribution < -0.4 is 0 Å². The van der Waals surface area contributed by atoms with Gasteiger partial charge in [-0.1, -0.05) is 63.5 Å². The monoisotopic (exact) mass is 578 g/mol. The molecule has 0 saturated heterocycles.